The maximum Gasteiger partial charge on any atom is 0.279 e. The van der Waals surface area contributed by atoms with E-state index in [-0.39, 0.29) is 6.54 Å². The van der Waals surface area contributed by atoms with Crippen LogP contribution in [0.2, 0.25) is 0 Å². The second-order valence-corrected chi connectivity index (χ2v) is 7.48. The molecule has 1 fully saturated rings. The van der Waals surface area contributed by atoms with Crippen LogP contribution in [0.3, 0.4) is 0 Å². The summed E-state index contributed by atoms with van der Waals surface area (Å²) in [5.41, 5.74) is 1.65. The van der Waals surface area contributed by atoms with Gasteiger partial charge in [-0.05, 0) is 31.0 Å². The standard InChI is InChI=1S/C16H22N4O2S/c21-23(22,19-11-6-1-2-7-12-19)17-14-15-10-13-20(18-15)16-8-4-3-5-9-16/h3-5,8-10,13,17H,1-2,6-7,11-12,14H2. The van der Waals surface area contributed by atoms with Crippen LogP contribution in [0.25, 0.3) is 5.69 Å². The molecular formula is C16H22N4O2S. The van der Waals surface area contributed by atoms with Crippen molar-refractivity contribution < 1.29 is 8.42 Å². The van der Waals surface area contributed by atoms with Gasteiger partial charge in [0.05, 0.1) is 17.9 Å². The Balaban J connectivity index is 1.63. The van der Waals surface area contributed by atoms with E-state index in [9.17, 15) is 8.42 Å². The Morgan fingerprint density at radius 2 is 1.70 bits per heavy atom. The van der Waals surface area contributed by atoms with Gasteiger partial charge in [0.1, 0.15) is 0 Å². The molecular weight excluding hydrogens is 312 g/mol. The van der Waals surface area contributed by atoms with Crippen LogP contribution >= 0.6 is 0 Å². The van der Waals surface area contributed by atoms with Gasteiger partial charge in [-0.3, -0.25) is 0 Å². The summed E-state index contributed by atoms with van der Waals surface area (Å²) in [6, 6.07) is 11.6. The third-order valence-corrected chi connectivity index (χ3v) is 5.56. The van der Waals surface area contributed by atoms with Crippen LogP contribution in [-0.4, -0.2) is 35.6 Å². The van der Waals surface area contributed by atoms with Crippen molar-refractivity contribution in [3.05, 3.63) is 48.3 Å². The van der Waals surface area contributed by atoms with Gasteiger partial charge in [-0.25, -0.2) is 4.68 Å². The molecule has 1 aliphatic rings. The molecule has 0 atom stereocenters. The lowest BCUT2D eigenvalue weighted by molar-refractivity contribution is 0.414. The maximum atomic E-state index is 12.4. The van der Waals surface area contributed by atoms with Crippen molar-refractivity contribution >= 4 is 10.2 Å². The highest BCUT2D eigenvalue weighted by Crippen LogP contribution is 2.13. The topological polar surface area (TPSA) is 67.2 Å². The minimum absolute atomic E-state index is 0.207. The van der Waals surface area contributed by atoms with E-state index in [0.717, 1.165) is 31.4 Å². The van der Waals surface area contributed by atoms with Crippen molar-refractivity contribution in [3.8, 4) is 5.69 Å². The van der Waals surface area contributed by atoms with E-state index in [0.29, 0.717) is 18.8 Å². The molecule has 3 rings (SSSR count). The van der Waals surface area contributed by atoms with E-state index >= 15 is 0 Å². The van der Waals surface area contributed by atoms with Gasteiger partial charge in [-0.2, -0.15) is 22.5 Å². The van der Waals surface area contributed by atoms with Crippen LogP contribution in [0.4, 0.5) is 0 Å². The van der Waals surface area contributed by atoms with Gasteiger partial charge >= 0.3 is 0 Å². The Bertz CT molecular complexity index is 720. The number of para-hydroxylation sites is 1. The highest BCUT2D eigenvalue weighted by molar-refractivity contribution is 7.87. The molecule has 1 saturated heterocycles. The van der Waals surface area contributed by atoms with Crippen molar-refractivity contribution in [2.24, 2.45) is 0 Å². The smallest absolute Gasteiger partial charge is 0.241 e. The van der Waals surface area contributed by atoms with Crippen molar-refractivity contribution in [1.82, 2.24) is 18.8 Å². The third kappa shape index (κ3) is 4.19. The highest BCUT2D eigenvalue weighted by Gasteiger charge is 2.22. The summed E-state index contributed by atoms with van der Waals surface area (Å²) in [5.74, 6) is 0. The van der Waals surface area contributed by atoms with Crippen LogP contribution in [0, 0.1) is 0 Å². The lowest BCUT2D eigenvalue weighted by atomic mass is 10.2. The van der Waals surface area contributed by atoms with Crippen LogP contribution in [0.15, 0.2) is 42.6 Å². The van der Waals surface area contributed by atoms with Gasteiger partial charge in [-0.15, -0.1) is 0 Å². The summed E-state index contributed by atoms with van der Waals surface area (Å²) < 4.78 is 30.7. The fourth-order valence-electron chi connectivity index (χ4n) is 2.72. The first-order chi connectivity index (χ1) is 11.1. The Labute approximate surface area is 137 Å². The van der Waals surface area contributed by atoms with E-state index in [4.69, 9.17) is 0 Å². The van der Waals surface area contributed by atoms with Gasteiger partial charge in [0, 0.05) is 19.3 Å². The first-order valence-corrected chi connectivity index (χ1v) is 9.44. The summed E-state index contributed by atoms with van der Waals surface area (Å²) in [4.78, 5) is 0. The number of nitrogens with one attached hydrogen (secondary N) is 1. The van der Waals surface area contributed by atoms with Gasteiger partial charge in [0.2, 0.25) is 0 Å². The van der Waals surface area contributed by atoms with Crippen LogP contribution in [0.5, 0.6) is 0 Å². The minimum Gasteiger partial charge on any atom is -0.241 e. The maximum absolute atomic E-state index is 12.4. The molecule has 1 N–H and O–H groups in total. The molecule has 6 nitrogen and oxygen atoms in total. The molecule has 0 spiro atoms. The predicted octanol–water partition coefficient (Wildman–Crippen LogP) is 2.08. The summed E-state index contributed by atoms with van der Waals surface area (Å²) in [6.07, 6.45) is 5.92. The SMILES string of the molecule is O=S(=O)(NCc1ccn(-c2ccccc2)n1)N1CCCCCC1. The zero-order chi connectivity index (χ0) is 16.1. The molecule has 1 aromatic heterocycles. The molecule has 2 aromatic rings. The van der Waals surface area contributed by atoms with E-state index in [1.54, 1.807) is 8.99 Å². The fraction of sp³-hybridized carbons (Fsp3) is 0.438. The summed E-state index contributed by atoms with van der Waals surface area (Å²) >= 11 is 0. The van der Waals surface area contributed by atoms with E-state index in [1.165, 1.54) is 0 Å². The van der Waals surface area contributed by atoms with Crippen molar-refractivity contribution in [2.75, 3.05) is 13.1 Å². The predicted molar refractivity (Wildman–Crippen MR) is 89.4 cm³/mol. The Hall–Kier alpha value is -1.70. The number of hydrogen-bond donors (Lipinski definition) is 1. The number of aromatic nitrogens is 2. The second-order valence-electron chi connectivity index (χ2n) is 5.73. The zero-order valence-electron chi connectivity index (χ0n) is 13.1. The van der Waals surface area contributed by atoms with Gasteiger partial charge in [-0.1, -0.05) is 31.0 Å². The first-order valence-electron chi connectivity index (χ1n) is 8.00. The lowest BCUT2D eigenvalue weighted by Crippen LogP contribution is -2.40. The van der Waals surface area contributed by atoms with Crippen LogP contribution < -0.4 is 4.72 Å². The van der Waals surface area contributed by atoms with Gasteiger partial charge in [0.25, 0.3) is 10.2 Å². The molecule has 1 aromatic carbocycles. The Kier molecular flexibility index (Phi) is 5.09. The number of benzene rings is 1. The molecule has 124 valence electrons. The molecule has 2 heterocycles. The number of hydrogen-bond acceptors (Lipinski definition) is 3. The number of nitrogens with zero attached hydrogens (tertiary/aromatic N) is 3. The van der Waals surface area contributed by atoms with Gasteiger partial charge < -0.3 is 0 Å². The first kappa shape index (κ1) is 16.2. The molecule has 0 bridgehead atoms. The molecule has 23 heavy (non-hydrogen) atoms. The zero-order valence-corrected chi connectivity index (χ0v) is 13.9. The van der Waals surface area contributed by atoms with Crippen LogP contribution in [-0.2, 0) is 16.8 Å². The molecule has 7 heteroatoms. The summed E-state index contributed by atoms with van der Waals surface area (Å²) in [6.45, 7) is 1.42. The molecule has 0 amide bonds. The number of rotatable bonds is 5. The molecule has 0 unspecified atom stereocenters. The third-order valence-electron chi connectivity index (χ3n) is 4.01. The molecule has 0 radical (unpaired) electrons. The van der Waals surface area contributed by atoms with E-state index < -0.39 is 10.2 Å². The van der Waals surface area contributed by atoms with Crippen molar-refractivity contribution in [3.63, 3.8) is 0 Å². The van der Waals surface area contributed by atoms with Crippen LogP contribution in [0.1, 0.15) is 31.4 Å². The largest absolute Gasteiger partial charge is 0.279 e. The lowest BCUT2D eigenvalue weighted by Gasteiger charge is -2.19. The average Bonchev–Trinajstić information content (AvgIpc) is 2.86. The normalized spacial score (nSPS) is 17.0. The van der Waals surface area contributed by atoms with E-state index in [2.05, 4.69) is 9.82 Å². The molecule has 0 aliphatic carbocycles. The Morgan fingerprint density at radius 1 is 1.00 bits per heavy atom. The van der Waals surface area contributed by atoms with Crippen molar-refractivity contribution in [2.45, 2.75) is 32.2 Å². The minimum atomic E-state index is -3.43. The average molecular weight is 334 g/mol. The highest BCUT2D eigenvalue weighted by atomic mass is 32.2. The molecule has 1 aliphatic heterocycles. The van der Waals surface area contributed by atoms with E-state index in [1.807, 2.05) is 42.6 Å². The van der Waals surface area contributed by atoms with Gasteiger partial charge in [0.15, 0.2) is 0 Å². The quantitative estimate of drug-likeness (QED) is 0.910. The second kappa shape index (κ2) is 7.25. The Morgan fingerprint density at radius 3 is 2.39 bits per heavy atom. The monoisotopic (exact) mass is 334 g/mol. The fourth-order valence-corrected chi connectivity index (χ4v) is 3.97. The summed E-state index contributed by atoms with van der Waals surface area (Å²) in [7, 11) is -3.43. The van der Waals surface area contributed by atoms with Crippen molar-refractivity contribution in [1.29, 1.82) is 0 Å². The molecule has 0 saturated carbocycles. The summed E-state index contributed by atoms with van der Waals surface area (Å²) in [5, 5.41) is 4.42.